The van der Waals surface area contributed by atoms with E-state index in [9.17, 15) is 13.2 Å². The highest BCUT2D eigenvalue weighted by Gasteiger charge is 2.41. The van der Waals surface area contributed by atoms with Crippen LogP contribution >= 0.6 is 0 Å². The Morgan fingerprint density at radius 1 is 1.09 bits per heavy atom. The Morgan fingerprint density at radius 3 is 2.54 bits per heavy atom. The van der Waals surface area contributed by atoms with Crippen LogP contribution in [0.4, 0.5) is 19.0 Å². The minimum Gasteiger partial charge on any atom is -0.490 e. The molecule has 1 saturated carbocycles. The summed E-state index contributed by atoms with van der Waals surface area (Å²) in [5.74, 6) is 1.01. The minimum atomic E-state index is -4.39. The average Bonchev–Trinajstić information content (AvgIpc) is 2.78. The minimum absolute atomic E-state index is 0.0807. The lowest BCUT2D eigenvalue weighted by Gasteiger charge is -2.35. The van der Waals surface area contributed by atoms with Crippen LogP contribution in [-0.4, -0.2) is 53.8 Å². The van der Waals surface area contributed by atoms with Crippen LogP contribution in [0.5, 0.6) is 5.75 Å². The Balaban J connectivity index is 1.62. The monoisotopic (exact) mass is 493 g/mol. The molecule has 1 aromatic heterocycles. The molecule has 0 radical (unpaired) electrons. The van der Waals surface area contributed by atoms with E-state index in [1.165, 1.54) is 6.33 Å². The second-order valence-electron chi connectivity index (χ2n) is 9.41. The molecule has 0 aliphatic heterocycles. The zero-order valence-electron chi connectivity index (χ0n) is 19.8. The van der Waals surface area contributed by atoms with Crippen LogP contribution in [0.3, 0.4) is 0 Å². The van der Waals surface area contributed by atoms with Crippen molar-refractivity contribution < 1.29 is 27.5 Å². The summed E-state index contributed by atoms with van der Waals surface area (Å²) < 4.78 is 47.7. The fourth-order valence-electron chi connectivity index (χ4n) is 4.63. The number of rotatable bonds is 7. The molecular weight excluding hydrogens is 463 g/mol. The van der Waals surface area contributed by atoms with Crippen molar-refractivity contribution >= 4 is 11.5 Å². The van der Waals surface area contributed by atoms with Crippen molar-refractivity contribution in [2.75, 3.05) is 25.6 Å². The molecule has 190 valence electrons. The topological polar surface area (TPSA) is 118 Å². The second kappa shape index (κ2) is 9.98. The number of halogens is 3. The quantitative estimate of drug-likeness (QED) is 0.443. The van der Waals surface area contributed by atoms with Gasteiger partial charge in [0.15, 0.2) is 0 Å². The number of oxime groups is 1. The van der Waals surface area contributed by atoms with Crippen LogP contribution in [0.2, 0.25) is 0 Å². The van der Waals surface area contributed by atoms with E-state index in [1.54, 1.807) is 0 Å². The third kappa shape index (κ3) is 5.67. The molecule has 11 heteroatoms. The largest absolute Gasteiger partial charge is 0.490 e. The summed E-state index contributed by atoms with van der Waals surface area (Å²) in [7, 11) is 0. The van der Waals surface area contributed by atoms with Gasteiger partial charge in [-0.15, -0.1) is 0 Å². The first-order valence-electron chi connectivity index (χ1n) is 11.6. The first-order chi connectivity index (χ1) is 16.6. The summed E-state index contributed by atoms with van der Waals surface area (Å²) in [6.45, 7) is 2.12. The second-order valence-corrected chi connectivity index (χ2v) is 9.41. The molecule has 1 heterocycles. The molecule has 2 aromatic rings. The zero-order chi connectivity index (χ0) is 25.2. The number of hydrogen-bond acceptors (Lipinski definition) is 8. The number of fused-ring (bicyclic) bond motifs is 3. The number of hydrogen-bond donors (Lipinski definition) is 2. The highest BCUT2D eigenvalue weighted by Crippen LogP contribution is 2.45. The molecule has 2 aliphatic carbocycles. The summed E-state index contributed by atoms with van der Waals surface area (Å²) in [6, 6.07) is 5.91. The van der Waals surface area contributed by atoms with Gasteiger partial charge in [-0.05, 0) is 57.7 Å². The van der Waals surface area contributed by atoms with Gasteiger partial charge in [0, 0.05) is 28.1 Å². The molecule has 0 saturated heterocycles. The van der Waals surface area contributed by atoms with Gasteiger partial charge in [-0.1, -0.05) is 5.16 Å². The molecule has 2 aliphatic rings. The summed E-state index contributed by atoms with van der Waals surface area (Å²) in [5, 5.41) is 4.32. The summed E-state index contributed by atoms with van der Waals surface area (Å²) >= 11 is 0. The van der Waals surface area contributed by atoms with Gasteiger partial charge in [-0.3, -0.25) is 0 Å². The SMILES string of the molecule is CC1(C)/C(=N/OCCOCC(F)(F)F)c2cc(O[C@H]3CC[C@@H](N)CC3)ccc2-c2ncnc(N)c21. The number of nitrogen functional groups attached to an aromatic ring is 1. The normalized spacial score (nSPS) is 22.4. The van der Waals surface area contributed by atoms with Crippen LogP contribution in [0.1, 0.15) is 50.7 Å². The number of nitrogens with two attached hydrogens (primary N) is 2. The maximum Gasteiger partial charge on any atom is 0.411 e. The smallest absolute Gasteiger partial charge is 0.411 e. The molecule has 1 fully saturated rings. The van der Waals surface area contributed by atoms with Gasteiger partial charge in [0.05, 0.1) is 24.1 Å². The lowest BCUT2D eigenvalue weighted by molar-refractivity contribution is -0.176. The van der Waals surface area contributed by atoms with Gasteiger partial charge >= 0.3 is 6.18 Å². The van der Waals surface area contributed by atoms with Gasteiger partial charge in [-0.2, -0.15) is 13.2 Å². The summed E-state index contributed by atoms with van der Waals surface area (Å²) in [6.07, 6.45) is 0.720. The van der Waals surface area contributed by atoms with Crippen LogP contribution in [0, 0.1) is 0 Å². The predicted molar refractivity (Wildman–Crippen MR) is 125 cm³/mol. The fourth-order valence-corrected chi connectivity index (χ4v) is 4.63. The van der Waals surface area contributed by atoms with Crippen molar-refractivity contribution in [1.29, 1.82) is 0 Å². The van der Waals surface area contributed by atoms with E-state index in [2.05, 4.69) is 19.9 Å². The molecule has 0 unspecified atom stereocenters. The molecule has 0 amide bonds. The predicted octanol–water partition coefficient (Wildman–Crippen LogP) is 3.97. The van der Waals surface area contributed by atoms with Crippen molar-refractivity contribution in [3.05, 3.63) is 35.7 Å². The zero-order valence-corrected chi connectivity index (χ0v) is 19.8. The van der Waals surface area contributed by atoms with E-state index in [4.69, 9.17) is 21.0 Å². The average molecular weight is 494 g/mol. The van der Waals surface area contributed by atoms with Crippen LogP contribution < -0.4 is 16.2 Å². The van der Waals surface area contributed by atoms with Crippen LogP contribution in [0.15, 0.2) is 29.7 Å². The molecule has 8 nitrogen and oxygen atoms in total. The summed E-state index contributed by atoms with van der Waals surface area (Å²) in [4.78, 5) is 14.0. The lowest BCUT2D eigenvalue weighted by atomic mass is 9.70. The van der Waals surface area contributed by atoms with Crippen molar-refractivity contribution in [3.8, 4) is 17.0 Å². The Bertz CT molecular complexity index is 1080. The number of anilines is 1. The molecule has 35 heavy (non-hydrogen) atoms. The maximum absolute atomic E-state index is 12.3. The first-order valence-corrected chi connectivity index (χ1v) is 11.6. The van der Waals surface area contributed by atoms with Gasteiger partial charge in [0.25, 0.3) is 0 Å². The molecule has 0 bridgehead atoms. The lowest BCUT2D eigenvalue weighted by Crippen LogP contribution is -2.36. The van der Waals surface area contributed by atoms with E-state index >= 15 is 0 Å². The van der Waals surface area contributed by atoms with Gasteiger partial charge in [0.1, 0.15) is 31.1 Å². The number of nitrogens with zero attached hydrogens (tertiary/aromatic N) is 3. The first kappa shape index (κ1) is 25.2. The van der Waals surface area contributed by atoms with E-state index in [0.29, 0.717) is 28.5 Å². The molecule has 4 N–H and O–H groups in total. The third-order valence-electron chi connectivity index (χ3n) is 6.36. The maximum atomic E-state index is 12.3. The Kier molecular flexibility index (Phi) is 7.18. The molecule has 0 spiro atoms. The van der Waals surface area contributed by atoms with Crippen LogP contribution in [-0.2, 0) is 15.0 Å². The van der Waals surface area contributed by atoms with Crippen molar-refractivity contribution in [2.24, 2.45) is 10.9 Å². The highest BCUT2D eigenvalue weighted by atomic mass is 19.4. The van der Waals surface area contributed by atoms with Gasteiger partial charge < -0.3 is 25.8 Å². The Labute approximate surface area is 201 Å². The molecule has 0 atom stereocenters. The molecule has 1 aromatic carbocycles. The number of alkyl halides is 3. The van der Waals surface area contributed by atoms with Gasteiger partial charge in [0.2, 0.25) is 0 Å². The van der Waals surface area contributed by atoms with E-state index in [-0.39, 0.29) is 25.4 Å². The van der Waals surface area contributed by atoms with Crippen molar-refractivity contribution in [1.82, 2.24) is 9.97 Å². The van der Waals surface area contributed by atoms with E-state index in [0.717, 1.165) is 36.8 Å². The molecular formula is C24H30F3N5O3. The number of aromatic nitrogens is 2. The number of ether oxygens (including phenoxy) is 2. The van der Waals surface area contributed by atoms with E-state index in [1.807, 2.05) is 32.0 Å². The third-order valence-corrected chi connectivity index (χ3v) is 6.36. The Hall–Kier alpha value is -2.92. The highest BCUT2D eigenvalue weighted by molar-refractivity contribution is 6.15. The van der Waals surface area contributed by atoms with E-state index < -0.39 is 18.2 Å². The molecule has 4 rings (SSSR count). The Morgan fingerprint density at radius 2 is 1.83 bits per heavy atom. The van der Waals surface area contributed by atoms with Crippen LogP contribution in [0.25, 0.3) is 11.3 Å². The van der Waals surface area contributed by atoms with Crippen molar-refractivity contribution in [3.63, 3.8) is 0 Å². The fraction of sp³-hybridized carbons (Fsp3) is 0.542. The van der Waals surface area contributed by atoms with Crippen molar-refractivity contribution in [2.45, 2.75) is 63.3 Å². The standard InChI is InChI=1S/C24H30F3N5O3/c1-23(2)19-20(30-13-31-22(19)29)17-8-7-16(35-15-5-3-14(28)4-6-15)11-18(17)21(23)32-34-10-9-33-12-24(25,26)27/h7-8,11,13-15H,3-6,9-10,12,28H2,1-2H3,(H2,29,30,31)/b32-21+/t14-,15+. The van der Waals surface area contributed by atoms with Gasteiger partial charge in [-0.25, -0.2) is 9.97 Å². The number of benzene rings is 1. The summed E-state index contributed by atoms with van der Waals surface area (Å²) in [5.41, 5.74) is 15.0.